The molecule has 3 N–H and O–H groups in total. The molecule has 2 amide bonds. The molecular formula is C27H31N5O4. The van der Waals surface area contributed by atoms with Crippen LogP contribution in [-0.4, -0.2) is 71.5 Å². The van der Waals surface area contributed by atoms with Gasteiger partial charge in [0.15, 0.2) is 0 Å². The number of benzene rings is 2. The topological polar surface area (TPSA) is 115 Å². The zero-order valence-electron chi connectivity index (χ0n) is 20.7. The van der Waals surface area contributed by atoms with E-state index in [-0.39, 0.29) is 23.4 Å². The van der Waals surface area contributed by atoms with Gasteiger partial charge in [-0.25, -0.2) is 9.78 Å². The van der Waals surface area contributed by atoms with Crippen molar-refractivity contribution in [3.05, 3.63) is 65.2 Å². The van der Waals surface area contributed by atoms with Crippen LogP contribution in [0.2, 0.25) is 0 Å². The molecule has 4 rings (SSSR count). The van der Waals surface area contributed by atoms with Gasteiger partial charge in [0, 0.05) is 48.9 Å². The van der Waals surface area contributed by atoms with Crippen LogP contribution >= 0.6 is 0 Å². The first-order valence-corrected chi connectivity index (χ1v) is 12.0. The molecule has 1 aliphatic heterocycles. The SMILES string of the molecule is Cc1ccc(C(=O)Nc2ccc3nc(N4CCN(CC(=O)NC(C)C)CC4)cc(C(=O)O)c3c2)cc1. The number of aromatic carboxylic acids is 1. The number of rotatable bonds is 7. The molecule has 3 aromatic rings. The molecule has 0 aliphatic carbocycles. The first-order chi connectivity index (χ1) is 17.2. The molecule has 0 unspecified atom stereocenters. The number of nitrogens with zero attached hydrogens (tertiary/aromatic N) is 3. The van der Waals surface area contributed by atoms with Crippen LogP contribution in [0.5, 0.6) is 0 Å². The third-order valence-electron chi connectivity index (χ3n) is 6.11. The van der Waals surface area contributed by atoms with E-state index in [0.717, 1.165) is 5.56 Å². The second kappa shape index (κ2) is 10.7. The van der Waals surface area contributed by atoms with Crippen molar-refractivity contribution in [1.29, 1.82) is 0 Å². The van der Waals surface area contributed by atoms with Crippen LogP contribution in [0.4, 0.5) is 11.5 Å². The average molecular weight is 490 g/mol. The van der Waals surface area contributed by atoms with Crippen molar-refractivity contribution in [2.24, 2.45) is 0 Å². The van der Waals surface area contributed by atoms with E-state index in [9.17, 15) is 19.5 Å². The van der Waals surface area contributed by atoms with Crippen LogP contribution in [0.15, 0.2) is 48.5 Å². The lowest BCUT2D eigenvalue weighted by molar-refractivity contribution is -0.122. The summed E-state index contributed by atoms with van der Waals surface area (Å²) in [5.41, 5.74) is 2.74. The third-order valence-corrected chi connectivity index (χ3v) is 6.11. The number of pyridine rings is 1. The minimum Gasteiger partial charge on any atom is -0.478 e. The molecule has 2 heterocycles. The third kappa shape index (κ3) is 5.98. The molecule has 0 spiro atoms. The number of nitrogens with one attached hydrogen (secondary N) is 2. The molecule has 188 valence electrons. The van der Waals surface area contributed by atoms with Crippen LogP contribution in [-0.2, 0) is 4.79 Å². The highest BCUT2D eigenvalue weighted by Gasteiger charge is 2.22. The molecule has 9 nitrogen and oxygen atoms in total. The molecule has 2 aromatic carbocycles. The summed E-state index contributed by atoms with van der Waals surface area (Å²) in [5.74, 6) is -0.742. The van der Waals surface area contributed by atoms with Gasteiger partial charge in [0.25, 0.3) is 5.91 Å². The molecule has 1 aliphatic rings. The molecular weight excluding hydrogens is 458 g/mol. The van der Waals surface area contributed by atoms with Crippen molar-refractivity contribution in [3.8, 4) is 0 Å². The summed E-state index contributed by atoms with van der Waals surface area (Å²) in [4.78, 5) is 45.6. The summed E-state index contributed by atoms with van der Waals surface area (Å²) in [6.45, 7) is 8.79. The average Bonchev–Trinajstić information content (AvgIpc) is 2.83. The van der Waals surface area contributed by atoms with E-state index in [2.05, 4.69) is 15.5 Å². The number of carbonyl (C=O) groups excluding carboxylic acids is 2. The Morgan fingerprint density at radius 1 is 1.00 bits per heavy atom. The zero-order chi connectivity index (χ0) is 25.8. The Morgan fingerprint density at radius 3 is 2.33 bits per heavy atom. The summed E-state index contributed by atoms with van der Waals surface area (Å²) in [5, 5.41) is 16.1. The van der Waals surface area contributed by atoms with Crippen LogP contribution in [0.25, 0.3) is 10.9 Å². The van der Waals surface area contributed by atoms with Gasteiger partial charge < -0.3 is 20.6 Å². The lowest BCUT2D eigenvalue weighted by Gasteiger charge is -2.35. The van der Waals surface area contributed by atoms with Crippen molar-refractivity contribution in [2.75, 3.05) is 42.9 Å². The normalized spacial score (nSPS) is 14.2. The first kappa shape index (κ1) is 25.1. The number of amides is 2. The summed E-state index contributed by atoms with van der Waals surface area (Å²) in [6, 6.07) is 14.0. The van der Waals surface area contributed by atoms with Gasteiger partial charge in [-0.1, -0.05) is 17.7 Å². The van der Waals surface area contributed by atoms with E-state index in [0.29, 0.717) is 60.7 Å². The van der Waals surface area contributed by atoms with Gasteiger partial charge in [-0.3, -0.25) is 14.5 Å². The molecule has 0 atom stereocenters. The smallest absolute Gasteiger partial charge is 0.336 e. The Morgan fingerprint density at radius 2 is 1.69 bits per heavy atom. The minimum atomic E-state index is -1.06. The standard InChI is InChI=1S/C27H31N5O4/c1-17(2)28-25(33)16-31-10-12-32(13-11-31)24-15-22(27(35)36)21-14-20(8-9-23(21)30-24)29-26(34)19-6-4-18(3)5-7-19/h4-9,14-15,17H,10-13,16H2,1-3H3,(H,28,33)(H,29,34)(H,35,36). The Balaban J connectivity index is 1.50. The van der Waals surface area contributed by atoms with Crippen LogP contribution < -0.4 is 15.5 Å². The lowest BCUT2D eigenvalue weighted by Crippen LogP contribution is -2.50. The van der Waals surface area contributed by atoms with E-state index in [4.69, 9.17) is 4.98 Å². The predicted molar refractivity (Wildman–Crippen MR) is 140 cm³/mol. The molecule has 9 heteroatoms. The summed E-state index contributed by atoms with van der Waals surface area (Å²) in [6.07, 6.45) is 0. The van der Waals surface area contributed by atoms with Crippen LogP contribution in [0.3, 0.4) is 0 Å². The largest absolute Gasteiger partial charge is 0.478 e. The van der Waals surface area contributed by atoms with Gasteiger partial charge in [-0.05, 0) is 57.2 Å². The Hall–Kier alpha value is -3.98. The van der Waals surface area contributed by atoms with Gasteiger partial charge >= 0.3 is 5.97 Å². The maximum atomic E-state index is 12.6. The van der Waals surface area contributed by atoms with Crippen molar-refractivity contribution in [3.63, 3.8) is 0 Å². The van der Waals surface area contributed by atoms with Crippen molar-refractivity contribution in [2.45, 2.75) is 26.8 Å². The number of carboxylic acids is 1. The molecule has 36 heavy (non-hydrogen) atoms. The summed E-state index contributed by atoms with van der Waals surface area (Å²) in [7, 11) is 0. The maximum absolute atomic E-state index is 12.6. The molecule has 0 saturated carbocycles. The van der Waals surface area contributed by atoms with Crippen molar-refractivity contribution < 1.29 is 19.5 Å². The van der Waals surface area contributed by atoms with Crippen LogP contribution in [0.1, 0.15) is 40.1 Å². The zero-order valence-corrected chi connectivity index (χ0v) is 20.7. The Bertz CT molecular complexity index is 1280. The fraction of sp³-hybridized carbons (Fsp3) is 0.333. The van der Waals surface area contributed by atoms with Gasteiger partial charge in [-0.15, -0.1) is 0 Å². The number of aryl methyl sites for hydroxylation is 1. The number of hydrogen-bond acceptors (Lipinski definition) is 6. The molecule has 1 saturated heterocycles. The van der Waals surface area contributed by atoms with Gasteiger partial charge in [0.1, 0.15) is 5.82 Å². The maximum Gasteiger partial charge on any atom is 0.336 e. The highest BCUT2D eigenvalue weighted by atomic mass is 16.4. The molecule has 0 bridgehead atoms. The number of aromatic nitrogens is 1. The highest BCUT2D eigenvalue weighted by Crippen LogP contribution is 2.27. The lowest BCUT2D eigenvalue weighted by atomic mass is 10.1. The fourth-order valence-corrected chi connectivity index (χ4v) is 4.24. The van der Waals surface area contributed by atoms with Crippen molar-refractivity contribution in [1.82, 2.24) is 15.2 Å². The summed E-state index contributed by atoms with van der Waals surface area (Å²) >= 11 is 0. The minimum absolute atomic E-state index is 0.000664. The monoisotopic (exact) mass is 489 g/mol. The van der Waals surface area contributed by atoms with Crippen molar-refractivity contribution >= 4 is 40.2 Å². The van der Waals surface area contributed by atoms with Gasteiger partial charge in [0.2, 0.25) is 5.91 Å². The fourth-order valence-electron chi connectivity index (χ4n) is 4.24. The van der Waals surface area contributed by atoms with E-state index in [1.54, 1.807) is 36.4 Å². The Kier molecular flexibility index (Phi) is 7.49. The first-order valence-electron chi connectivity index (χ1n) is 12.0. The van der Waals surface area contributed by atoms with Crippen LogP contribution in [0, 0.1) is 6.92 Å². The summed E-state index contributed by atoms with van der Waals surface area (Å²) < 4.78 is 0. The molecule has 1 aromatic heterocycles. The second-order valence-corrected chi connectivity index (χ2v) is 9.37. The number of anilines is 2. The van der Waals surface area contributed by atoms with E-state index >= 15 is 0 Å². The van der Waals surface area contributed by atoms with E-state index < -0.39 is 5.97 Å². The number of fused-ring (bicyclic) bond motifs is 1. The predicted octanol–water partition coefficient (Wildman–Crippen LogP) is 3.14. The number of piperazine rings is 1. The second-order valence-electron chi connectivity index (χ2n) is 9.37. The van der Waals surface area contributed by atoms with Gasteiger partial charge in [-0.2, -0.15) is 0 Å². The Labute approximate surface area is 210 Å². The highest BCUT2D eigenvalue weighted by molar-refractivity contribution is 6.08. The molecule has 0 radical (unpaired) electrons. The molecule has 1 fully saturated rings. The number of carboxylic acid groups (broad SMARTS) is 1. The van der Waals surface area contributed by atoms with E-state index in [1.807, 2.05) is 37.8 Å². The van der Waals surface area contributed by atoms with Gasteiger partial charge in [0.05, 0.1) is 17.6 Å². The number of hydrogen-bond donors (Lipinski definition) is 3. The number of carbonyl (C=O) groups is 3. The van der Waals surface area contributed by atoms with E-state index in [1.165, 1.54) is 0 Å². The quantitative estimate of drug-likeness (QED) is 0.467.